The average Bonchev–Trinajstić information content (AvgIpc) is 2.23. The van der Waals surface area contributed by atoms with E-state index in [2.05, 4.69) is 54.7 Å². The molecule has 0 aliphatic carbocycles. The molecule has 0 rings (SSSR count). The van der Waals surface area contributed by atoms with Crippen LogP contribution in [0.4, 0.5) is 0 Å². The molecule has 0 N–H and O–H groups in total. The van der Waals surface area contributed by atoms with Crippen LogP contribution in [0.2, 0.25) is 18.6 Å². The van der Waals surface area contributed by atoms with Crippen molar-refractivity contribution in [1.82, 2.24) is 0 Å². The minimum Gasteiger partial charge on any atom is -0.516 e. The predicted molar refractivity (Wildman–Crippen MR) is 94.9 cm³/mol. The fraction of sp³-hybridized carbons (Fsp3) is 0.833. The van der Waals surface area contributed by atoms with Crippen molar-refractivity contribution in [1.29, 1.82) is 0 Å². The van der Waals surface area contributed by atoms with Crippen molar-refractivity contribution >= 4 is 14.3 Å². The molecular formula is C18H36O2Si. The Hall–Kier alpha value is -0.573. The minimum absolute atomic E-state index is 0.200. The van der Waals surface area contributed by atoms with E-state index in [1.165, 1.54) is 6.42 Å². The van der Waals surface area contributed by atoms with E-state index in [1.54, 1.807) is 6.92 Å². The van der Waals surface area contributed by atoms with Gasteiger partial charge in [0, 0.05) is 5.57 Å². The van der Waals surface area contributed by atoms with Gasteiger partial charge in [-0.2, -0.15) is 0 Å². The third-order valence-corrected chi connectivity index (χ3v) is 7.12. The maximum atomic E-state index is 12.0. The SMILES string of the molecule is C=C(C)C(=O)O[Si](C)(CCCC(C)(C)C)CCC(C)(C)C. The lowest BCUT2D eigenvalue weighted by Gasteiger charge is -2.31. The molecule has 0 aromatic rings. The van der Waals surface area contributed by atoms with Gasteiger partial charge in [0.05, 0.1) is 0 Å². The molecule has 21 heavy (non-hydrogen) atoms. The number of carbonyl (C=O) groups excluding carboxylic acids is 1. The molecule has 1 atom stereocenters. The molecule has 0 saturated heterocycles. The first kappa shape index (κ1) is 20.4. The van der Waals surface area contributed by atoms with E-state index in [9.17, 15) is 4.79 Å². The van der Waals surface area contributed by atoms with Crippen molar-refractivity contribution in [2.45, 2.75) is 86.4 Å². The summed E-state index contributed by atoms with van der Waals surface area (Å²) < 4.78 is 5.91. The average molecular weight is 313 g/mol. The molecule has 0 aliphatic heterocycles. The van der Waals surface area contributed by atoms with Gasteiger partial charge in [-0.05, 0) is 49.2 Å². The van der Waals surface area contributed by atoms with Crippen molar-refractivity contribution in [3.05, 3.63) is 12.2 Å². The van der Waals surface area contributed by atoms with Crippen molar-refractivity contribution < 1.29 is 9.22 Å². The first-order chi connectivity index (χ1) is 9.24. The molecule has 0 saturated carbocycles. The van der Waals surface area contributed by atoms with Gasteiger partial charge in [-0.15, -0.1) is 0 Å². The number of hydrogen-bond donors (Lipinski definition) is 0. The third kappa shape index (κ3) is 10.8. The zero-order valence-electron chi connectivity index (χ0n) is 15.6. The van der Waals surface area contributed by atoms with Gasteiger partial charge in [-0.25, -0.2) is 4.79 Å². The first-order valence-electron chi connectivity index (χ1n) is 8.13. The van der Waals surface area contributed by atoms with E-state index in [1.807, 2.05) is 0 Å². The van der Waals surface area contributed by atoms with Gasteiger partial charge in [-0.3, -0.25) is 0 Å². The Morgan fingerprint density at radius 2 is 1.48 bits per heavy atom. The van der Waals surface area contributed by atoms with Crippen LogP contribution in [0.3, 0.4) is 0 Å². The van der Waals surface area contributed by atoms with Crippen molar-refractivity contribution in [2.24, 2.45) is 10.8 Å². The highest BCUT2D eigenvalue weighted by Gasteiger charge is 2.34. The van der Waals surface area contributed by atoms with Gasteiger partial charge in [0.15, 0.2) is 0 Å². The molecule has 0 aliphatic rings. The van der Waals surface area contributed by atoms with E-state index in [4.69, 9.17) is 4.43 Å². The molecule has 0 radical (unpaired) electrons. The summed E-state index contributed by atoms with van der Waals surface area (Å²) in [6.45, 7) is 21.2. The lowest BCUT2D eigenvalue weighted by atomic mass is 9.91. The summed E-state index contributed by atoms with van der Waals surface area (Å²) in [5.74, 6) is -0.200. The Morgan fingerprint density at radius 1 is 1.00 bits per heavy atom. The maximum Gasteiger partial charge on any atom is 0.319 e. The maximum absolute atomic E-state index is 12.0. The predicted octanol–water partition coefficient (Wildman–Crippen LogP) is 5.94. The molecule has 0 spiro atoms. The molecule has 0 heterocycles. The van der Waals surface area contributed by atoms with Crippen LogP contribution < -0.4 is 0 Å². The normalized spacial score (nSPS) is 15.4. The molecule has 0 bridgehead atoms. The zero-order chi connectivity index (χ0) is 16.9. The lowest BCUT2D eigenvalue weighted by molar-refractivity contribution is -0.130. The quantitative estimate of drug-likeness (QED) is 0.429. The number of carbonyl (C=O) groups is 1. The van der Waals surface area contributed by atoms with E-state index < -0.39 is 8.32 Å². The van der Waals surface area contributed by atoms with Crippen LogP contribution in [-0.4, -0.2) is 14.3 Å². The van der Waals surface area contributed by atoms with Gasteiger partial charge in [0.1, 0.15) is 0 Å². The largest absolute Gasteiger partial charge is 0.516 e. The smallest absolute Gasteiger partial charge is 0.319 e. The monoisotopic (exact) mass is 312 g/mol. The summed E-state index contributed by atoms with van der Waals surface area (Å²) in [5.41, 5.74) is 1.14. The van der Waals surface area contributed by atoms with Crippen LogP contribution in [0.1, 0.15) is 67.7 Å². The second kappa shape index (κ2) is 7.62. The van der Waals surface area contributed by atoms with Crippen LogP contribution in [0.15, 0.2) is 12.2 Å². The zero-order valence-corrected chi connectivity index (χ0v) is 16.6. The molecule has 0 aromatic carbocycles. The van der Waals surface area contributed by atoms with Gasteiger partial charge in [0.25, 0.3) is 8.32 Å². The number of hydrogen-bond acceptors (Lipinski definition) is 2. The highest BCUT2D eigenvalue weighted by atomic mass is 28.4. The van der Waals surface area contributed by atoms with Gasteiger partial charge < -0.3 is 4.43 Å². The summed E-state index contributed by atoms with van der Waals surface area (Å²) in [7, 11) is -2.00. The highest BCUT2D eigenvalue weighted by molar-refractivity contribution is 6.74. The van der Waals surface area contributed by atoms with Crippen LogP contribution in [-0.2, 0) is 9.22 Å². The van der Waals surface area contributed by atoms with Gasteiger partial charge in [0.2, 0.25) is 0 Å². The molecule has 0 aromatic heterocycles. The molecule has 1 unspecified atom stereocenters. The van der Waals surface area contributed by atoms with E-state index in [0.29, 0.717) is 11.0 Å². The Balaban J connectivity index is 4.74. The van der Waals surface area contributed by atoms with Crippen LogP contribution in [0.25, 0.3) is 0 Å². The minimum atomic E-state index is -2.00. The molecular weight excluding hydrogens is 276 g/mol. The fourth-order valence-electron chi connectivity index (χ4n) is 2.17. The standard InChI is InChI=1S/C18H36O2Si/c1-15(2)16(19)20-21(9,14-12-18(6,7)8)13-10-11-17(3,4)5/h1,10-14H2,2-9H3. The second-order valence-electron chi connectivity index (χ2n) is 9.09. The summed E-state index contributed by atoms with van der Waals surface area (Å²) >= 11 is 0. The van der Waals surface area contributed by atoms with Crippen LogP contribution in [0.5, 0.6) is 0 Å². The van der Waals surface area contributed by atoms with Crippen molar-refractivity contribution in [2.75, 3.05) is 0 Å². The first-order valence-corrected chi connectivity index (χ1v) is 11.0. The second-order valence-corrected chi connectivity index (χ2v) is 13.2. The topological polar surface area (TPSA) is 26.3 Å². The Labute approximate surface area is 133 Å². The Kier molecular flexibility index (Phi) is 7.41. The molecule has 0 fully saturated rings. The Bertz CT molecular complexity index is 360. The van der Waals surface area contributed by atoms with Crippen molar-refractivity contribution in [3.63, 3.8) is 0 Å². The molecule has 3 heteroatoms. The molecule has 2 nitrogen and oxygen atoms in total. The Morgan fingerprint density at radius 3 is 1.86 bits per heavy atom. The molecule has 124 valence electrons. The lowest BCUT2D eigenvalue weighted by Crippen LogP contribution is -2.38. The summed E-state index contributed by atoms with van der Waals surface area (Å²) in [6, 6.07) is 2.10. The van der Waals surface area contributed by atoms with Crippen LogP contribution >= 0.6 is 0 Å². The third-order valence-electron chi connectivity index (χ3n) is 3.72. The van der Waals surface area contributed by atoms with E-state index >= 15 is 0 Å². The van der Waals surface area contributed by atoms with E-state index in [0.717, 1.165) is 24.9 Å². The highest BCUT2D eigenvalue weighted by Crippen LogP contribution is 2.32. The van der Waals surface area contributed by atoms with Gasteiger partial charge >= 0.3 is 5.97 Å². The number of rotatable bonds is 7. The van der Waals surface area contributed by atoms with Crippen molar-refractivity contribution in [3.8, 4) is 0 Å². The van der Waals surface area contributed by atoms with Crippen LogP contribution in [0, 0.1) is 10.8 Å². The summed E-state index contributed by atoms with van der Waals surface area (Å²) in [4.78, 5) is 12.0. The van der Waals surface area contributed by atoms with Gasteiger partial charge in [-0.1, -0.05) is 54.5 Å². The fourth-order valence-corrected chi connectivity index (χ4v) is 5.45. The summed E-state index contributed by atoms with van der Waals surface area (Å²) in [6.07, 6.45) is 3.42. The summed E-state index contributed by atoms with van der Waals surface area (Å²) in [5, 5.41) is 0. The molecule has 0 amide bonds. The van der Waals surface area contributed by atoms with E-state index in [-0.39, 0.29) is 11.4 Å².